The van der Waals surface area contributed by atoms with Crippen LogP contribution >= 0.6 is 0 Å². The van der Waals surface area contributed by atoms with E-state index in [4.69, 9.17) is 0 Å². The molecular weight excluding hydrogens is 136 g/mol. The first-order chi connectivity index (χ1) is 5.16. The van der Waals surface area contributed by atoms with E-state index in [2.05, 4.69) is 30.8 Å². The van der Waals surface area contributed by atoms with Gasteiger partial charge in [0.15, 0.2) is 0 Å². The predicted octanol–water partition coefficient (Wildman–Crippen LogP) is 1.10. The molecule has 0 aromatic heterocycles. The van der Waals surface area contributed by atoms with E-state index < -0.39 is 0 Å². The lowest BCUT2D eigenvalue weighted by Crippen LogP contribution is -2.24. The fourth-order valence-corrected chi connectivity index (χ4v) is 1.07. The van der Waals surface area contributed by atoms with E-state index in [1.165, 1.54) is 12.0 Å². The number of hydrogen-bond donors (Lipinski definition) is 1. The summed E-state index contributed by atoms with van der Waals surface area (Å²) >= 11 is 0. The van der Waals surface area contributed by atoms with Gasteiger partial charge in [-0.2, -0.15) is 0 Å². The zero-order valence-electron chi connectivity index (χ0n) is 7.98. The topological polar surface area (TPSA) is 15.3 Å². The van der Waals surface area contributed by atoms with Crippen LogP contribution in [0.5, 0.6) is 0 Å². The first-order valence-corrected chi connectivity index (χ1v) is 4.14. The summed E-state index contributed by atoms with van der Waals surface area (Å²) in [5.74, 6) is 0. The van der Waals surface area contributed by atoms with Crippen LogP contribution in [-0.2, 0) is 0 Å². The maximum atomic E-state index is 3.87. The van der Waals surface area contributed by atoms with Gasteiger partial charge in [-0.25, -0.2) is 0 Å². The van der Waals surface area contributed by atoms with E-state index in [1.54, 1.807) is 0 Å². The molecule has 0 heterocycles. The summed E-state index contributed by atoms with van der Waals surface area (Å²) < 4.78 is 0. The first-order valence-electron chi connectivity index (χ1n) is 4.14. The fourth-order valence-electron chi connectivity index (χ4n) is 1.07. The molecule has 0 unspecified atom stereocenters. The lowest BCUT2D eigenvalue weighted by molar-refractivity contribution is 0.355. The molecule has 0 aliphatic carbocycles. The molecule has 0 rings (SSSR count). The lowest BCUT2D eigenvalue weighted by atomic mass is 10.3. The van der Waals surface area contributed by atoms with Crippen molar-refractivity contribution in [3.8, 4) is 0 Å². The summed E-state index contributed by atoms with van der Waals surface area (Å²) in [6.45, 7) is 9.19. The molecule has 11 heavy (non-hydrogen) atoms. The van der Waals surface area contributed by atoms with Gasteiger partial charge in [0, 0.05) is 6.54 Å². The first kappa shape index (κ1) is 10.7. The largest absolute Gasteiger partial charge is 0.320 e. The molecular formula is C9H20N2. The van der Waals surface area contributed by atoms with E-state index in [1.807, 2.05) is 7.05 Å². The molecule has 0 aromatic rings. The molecule has 2 nitrogen and oxygen atoms in total. The molecule has 0 aliphatic rings. The number of likely N-dealkylation sites (N-methyl/N-ethyl adjacent to an activating group) is 1. The zero-order chi connectivity index (χ0) is 8.69. The highest BCUT2D eigenvalue weighted by Crippen LogP contribution is 1.92. The van der Waals surface area contributed by atoms with Crippen molar-refractivity contribution in [2.75, 3.05) is 33.7 Å². The van der Waals surface area contributed by atoms with Crippen molar-refractivity contribution in [1.82, 2.24) is 10.2 Å². The van der Waals surface area contributed by atoms with E-state index in [0.29, 0.717) is 0 Å². The third-order valence-electron chi connectivity index (χ3n) is 1.51. The molecule has 0 saturated heterocycles. The number of nitrogens with zero attached hydrogens (tertiary/aromatic N) is 1. The summed E-state index contributed by atoms with van der Waals surface area (Å²) in [5.41, 5.74) is 1.23. The van der Waals surface area contributed by atoms with Gasteiger partial charge in [-0.05, 0) is 40.5 Å². The van der Waals surface area contributed by atoms with Crippen molar-refractivity contribution in [3.05, 3.63) is 12.2 Å². The summed E-state index contributed by atoms with van der Waals surface area (Å²) in [4.78, 5) is 2.29. The highest BCUT2D eigenvalue weighted by atomic mass is 15.1. The predicted molar refractivity (Wildman–Crippen MR) is 50.9 cm³/mol. The molecule has 0 aromatic carbocycles. The maximum absolute atomic E-state index is 3.87. The summed E-state index contributed by atoms with van der Waals surface area (Å²) in [5, 5.41) is 3.13. The molecule has 0 saturated carbocycles. The van der Waals surface area contributed by atoms with Crippen molar-refractivity contribution in [3.63, 3.8) is 0 Å². The molecule has 0 amide bonds. The number of hydrogen-bond acceptors (Lipinski definition) is 2. The molecule has 0 bridgehead atoms. The van der Waals surface area contributed by atoms with Gasteiger partial charge in [-0.3, -0.25) is 0 Å². The number of nitrogens with one attached hydrogen (secondary N) is 1. The zero-order valence-corrected chi connectivity index (χ0v) is 7.98. The van der Waals surface area contributed by atoms with Crippen LogP contribution in [0.3, 0.4) is 0 Å². The van der Waals surface area contributed by atoms with Crippen LogP contribution in [0.25, 0.3) is 0 Å². The summed E-state index contributed by atoms with van der Waals surface area (Å²) in [6, 6.07) is 0. The average Bonchev–Trinajstić information content (AvgIpc) is 1.86. The highest BCUT2D eigenvalue weighted by Gasteiger charge is 1.96. The fraction of sp³-hybridized carbons (Fsp3) is 0.778. The second kappa shape index (κ2) is 6.38. The van der Waals surface area contributed by atoms with Crippen LogP contribution in [0.1, 0.15) is 13.3 Å². The Labute approximate surface area is 70.3 Å². The average molecular weight is 156 g/mol. The minimum atomic E-state index is 1.02. The third kappa shape index (κ3) is 7.56. The van der Waals surface area contributed by atoms with Crippen LogP contribution in [-0.4, -0.2) is 38.6 Å². The normalized spacial score (nSPS) is 10.5. The Hall–Kier alpha value is -0.340. The molecule has 0 aliphatic heterocycles. The highest BCUT2D eigenvalue weighted by molar-refractivity contribution is 4.90. The van der Waals surface area contributed by atoms with Crippen molar-refractivity contribution in [2.45, 2.75) is 13.3 Å². The second-order valence-corrected chi connectivity index (χ2v) is 3.15. The van der Waals surface area contributed by atoms with Gasteiger partial charge in [0.25, 0.3) is 0 Å². The molecule has 1 N–H and O–H groups in total. The van der Waals surface area contributed by atoms with Crippen molar-refractivity contribution in [2.24, 2.45) is 0 Å². The molecule has 0 spiro atoms. The molecule has 2 heteroatoms. The minimum Gasteiger partial charge on any atom is -0.320 e. The SMILES string of the molecule is C=C(C)CN(C)CCCNC. The minimum absolute atomic E-state index is 1.02. The van der Waals surface area contributed by atoms with Crippen molar-refractivity contribution >= 4 is 0 Å². The van der Waals surface area contributed by atoms with E-state index >= 15 is 0 Å². The van der Waals surface area contributed by atoms with Gasteiger partial charge in [0.1, 0.15) is 0 Å². The van der Waals surface area contributed by atoms with Crippen molar-refractivity contribution < 1.29 is 0 Å². The van der Waals surface area contributed by atoms with E-state index in [9.17, 15) is 0 Å². The van der Waals surface area contributed by atoms with Gasteiger partial charge in [0.2, 0.25) is 0 Å². The van der Waals surface area contributed by atoms with Crippen LogP contribution in [0, 0.1) is 0 Å². The monoisotopic (exact) mass is 156 g/mol. The second-order valence-electron chi connectivity index (χ2n) is 3.15. The summed E-state index contributed by atoms with van der Waals surface area (Å²) in [7, 11) is 4.11. The van der Waals surface area contributed by atoms with Gasteiger partial charge in [-0.1, -0.05) is 12.2 Å². The van der Waals surface area contributed by atoms with Crippen LogP contribution in [0.2, 0.25) is 0 Å². The van der Waals surface area contributed by atoms with Gasteiger partial charge < -0.3 is 10.2 Å². The van der Waals surface area contributed by atoms with E-state index in [-0.39, 0.29) is 0 Å². The Morgan fingerprint density at radius 1 is 1.55 bits per heavy atom. The van der Waals surface area contributed by atoms with Crippen LogP contribution in [0.4, 0.5) is 0 Å². The van der Waals surface area contributed by atoms with Gasteiger partial charge in [-0.15, -0.1) is 0 Å². The standard InChI is InChI=1S/C9H20N2/c1-9(2)8-11(4)7-5-6-10-3/h10H,1,5-8H2,2-4H3. The Bertz CT molecular complexity index is 110. The van der Waals surface area contributed by atoms with Crippen LogP contribution in [0.15, 0.2) is 12.2 Å². The van der Waals surface area contributed by atoms with Gasteiger partial charge in [0.05, 0.1) is 0 Å². The van der Waals surface area contributed by atoms with Crippen molar-refractivity contribution in [1.29, 1.82) is 0 Å². The third-order valence-corrected chi connectivity index (χ3v) is 1.51. The van der Waals surface area contributed by atoms with Crippen LogP contribution < -0.4 is 5.32 Å². The molecule has 66 valence electrons. The molecule has 0 atom stereocenters. The Morgan fingerprint density at radius 3 is 2.64 bits per heavy atom. The smallest absolute Gasteiger partial charge is 0.0184 e. The maximum Gasteiger partial charge on any atom is 0.0184 e. The molecule has 0 fully saturated rings. The molecule has 0 radical (unpaired) electrons. The Balaban J connectivity index is 3.22. The summed E-state index contributed by atoms with van der Waals surface area (Å²) in [6.07, 6.45) is 1.21. The van der Waals surface area contributed by atoms with Gasteiger partial charge >= 0.3 is 0 Å². The lowest BCUT2D eigenvalue weighted by Gasteiger charge is -2.15. The quantitative estimate of drug-likeness (QED) is 0.458. The number of rotatable bonds is 6. The van der Waals surface area contributed by atoms with E-state index in [0.717, 1.165) is 19.6 Å². The Kier molecular flexibility index (Phi) is 6.18. The Morgan fingerprint density at radius 2 is 2.18 bits per heavy atom.